The zero-order valence-corrected chi connectivity index (χ0v) is 23.6. The van der Waals surface area contributed by atoms with Crippen LogP contribution in [-0.4, -0.2) is 18.3 Å². The van der Waals surface area contributed by atoms with Gasteiger partial charge >= 0.3 is 12.1 Å². The number of amides is 3. The maximum absolute atomic E-state index is 12.5. The highest BCUT2D eigenvalue weighted by Crippen LogP contribution is 2.34. The Hall–Kier alpha value is -5.31. The molecule has 4 N–H and O–H groups in total. The Morgan fingerprint density at radius 1 is 0.786 bits per heavy atom. The SMILES string of the molecule is CC(C)c1cc(/C=N/NC(=O)Nc2ccc(COC(N)=O)cc2)c(OCc2ccccc2)cc1OCc1ccccc1. The van der Waals surface area contributed by atoms with E-state index in [0.717, 1.165) is 28.0 Å². The summed E-state index contributed by atoms with van der Waals surface area (Å²) in [6, 6.07) is 30.0. The van der Waals surface area contributed by atoms with E-state index < -0.39 is 12.1 Å². The summed E-state index contributed by atoms with van der Waals surface area (Å²) in [5, 5.41) is 6.87. The van der Waals surface area contributed by atoms with Gasteiger partial charge in [0.2, 0.25) is 0 Å². The third kappa shape index (κ3) is 9.12. The fraction of sp³-hybridized carbons (Fsp3) is 0.182. The zero-order valence-electron chi connectivity index (χ0n) is 23.6. The van der Waals surface area contributed by atoms with Crippen molar-refractivity contribution >= 4 is 24.0 Å². The summed E-state index contributed by atoms with van der Waals surface area (Å²) in [6.07, 6.45) is 0.703. The molecule has 0 saturated carbocycles. The van der Waals surface area contributed by atoms with Gasteiger partial charge in [-0.15, -0.1) is 0 Å². The number of carbonyl (C=O) groups is 2. The van der Waals surface area contributed by atoms with Crippen molar-refractivity contribution in [3.05, 3.63) is 125 Å². The van der Waals surface area contributed by atoms with Gasteiger partial charge in [0.05, 0.1) is 6.21 Å². The molecule has 0 heterocycles. The number of nitrogens with zero attached hydrogens (tertiary/aromatic N) is 1. The number of rotatable bonds is 12. The van der Waals surface area contributed by atoms with Gasteiger partial charge in [-0.3, -0.25) is 0 Å². The van der Waals surface area contributed by atoms with E-state index in [1.807, 2.05) is 72.8 Å². The smallest absolute Gasteiger partial charge is 0.404 e. The van der Waals surface area contributed by atoms with Crippen molar-refractivity contribution in [1.82, 2.24) is 5.43 Å². The van der Waals surface area contributed by atoms with Crippen molar-refractivity contribution < 1.29 is 23.8 Å². The summed E-state index contributed by atoms with van der Waals surface area (Å²) >= 11 is 0. The lowest BCUT2D eigenvalue weighted by Gasteiger charge is -2.18. The number of benzene rings is 4. The van der Waals surface area contributed by atoms with E-state index in [0.29, 0.717) is 30.2 Å². The topological polar surface area (TPSA) is 124 Å². The number of ether oxygens (including phenoxy) is 3. The van der Waals surface area contributed by atoms with Crippen LogP contribution in [0.3, 0.4) is 0 Å². The van der Waals surface area contributed by atoms with Crippen LogP contribution in [0.15, 0.2) is 102 Å². The molecule has 0 saturated heterocycles. The quantitative estimate of drug-likeness (QED) is 0.130. The second kappa shape index (κ2) is 14.9. The molecule has 0 aliphatic rings. The van der Waals surface area contributed by atoms with Crippen LogP contribution >= 0.6 is 0 Å². The van der Waals surface area contributed by atoms with E-state index in [4.69, 9.17) is 19.9 Å². The molecule has 0 aromatic heterocycles. The Labute approximate surface area is 245 Å². The maximum atomic E-state index is 12.5. The average Bonchev–Trinajstić information content (AvgIpc) is 3.00. The van der Waals surface area contributed by atoms with Gasteiger partial charge in [-0.2, -0.15) is 5.10 Å². The monoisotopic (exact) mass is 566 g/mol. The van der Waals surface area contributed by atoms with E-state index in [1.165, 1.54) is 0 Å². The largest absolute Gasteiger partial charge is 0.488 e. The maximum Gasteiger partial charge on any atom is 0.404 e. The van der Waals surface area contributed by atoms with Gasteiger partial charge in [0.25, 0.3) is 0 Å². The minimum Gasteiger partial charge on any atom is -0.488 e. The molecule has 0 aliphatic heterocycles. The number of anilines is 1. The average molecular weight is 567 g/mol. The first kappa shape index (κ1) is 29.7. The number of hydrazone groups is 1. The molecule has 4 aromatic carbocycles. The molecule has 9 nitrogen and oxygen atoms in total. The molecule has 3 amide bonds. The number of carbonyl (C=O) groups excluding carboxylic acids is 2. The molecule has 4 rings (SSSR count). The van der Waals surface area contributed by atoms with Gasteiger partial charge in [-0.25, -0.2) is 15.0 Å². The Balaban J connectivity index is 1.48. The van der Waals surface area contributed by atoms with Gasteiger partial charge in [-0.05, 0) is 46.4 Å². The summed E-state index contributed by atoms with van der Waals surface area (Å²) in [4.78, 5) is 23.2. The first-order valence-corrected chi connectivity index (χ1v) is 13.5. The molecule has 0 fully saturated rings. The first-order chi connectivity index (χ1) is 20.4. The Morgan fingerprint density at radius 3 is 1.93 bits per heavy atom. The van der Waals surface area contributed by atoms with Crippen LogP contribution in [0.5, 0.6) is 11.5 Å². The highest BCUT2D eigenvalue weighted by atomic mass is 16.5. The second-order valence-corrected chi connectivity index (χ2v) is 9.76. The van der Waals surface area contributed by atoms with Crippen LogP contribution in [0.1, 0.15) is 47.6 Å². The molecule has 42 heavy (non-hydrogen) atoms. The van der Waals surface area contributed by atoms with Crippen molar-refractivity contribution in [2.24, 2.45) is 10.8 Å². The molecular formula is C33H34N4O5. The standard InChI is InChI=1S/C33H34N4O5/c1-23(2)29-17-27(19-35-37-33(39)36-28-15-13-26(14-16-28)22-42-32(34)38)30(40-20-24-9-5-3-6-10-24)18-31(29)41-21-25-11-7-4-8-12-25/h3-19,23H,20-22H2,1-2H3,(H2,34,38)(H2,36,37,39)/b35-19+. The van der Waals surface area contributed by atoms with Crippen LogP contribution in [0.25, 0.3) is 0 Å². The van der Waals surface area contributed by atoms with Crippen LogP contribution in [0, 0.1) is 0 Å². The molecule has 0 unspecified atom stereocenters. The van der Waals surface area contributed by atoms with Crippen molar-refractivity contribution in [2.45, 2.75) is 39.6 Å². The molecule has 4 aromatic rings. The second-order valence-electron chi connectivity index (χ2n) is 9.76. The summed E-state index contributed by atoms with van der Waals surface area (Å²) in [6.45, 7) is 5.01. The van der Waals surface area contributed by atoms with Crippen LogP contribution in [0.4, 0.5) is 15.3 Å². The number of hydrogen-bond donors (Lipinski definition) is 3. The summed E-state index contributed by atoms with van der Waals surface area (Å²) in [5.41, 5.74) is 12.5. The molecular weight excluding hydrogens is 532 g/mol. The number of primary amides is 1. The molecule has 216 valence electrons. The fourth-order valence-electron chi connectivity index (χ4n) is 4.03. The zero-order chi connectivity index (χ0) is 29.7. The molecule has 9 heteroatoms. The van der Waals surface area contributed by atoms with E-state index in [9.17, 15) is 9.59 Å². The lowest BCUT2D eigenvalue weighted by atomic mass is 9.99. The molecule has 0 spiro atoms. The summed E-state index contributed by atoms with van der Waals surface area (Å²) < 4.78 is 17.2. The summed E-state index contributed by atoms with van der Waals surface area (Å²) in [7, 11) is 0. The molecule has 0 aliphatic carbocycles. The predicted molar refractivity (Wildman–Crippen MR) is 163 cm³/mol. The third-order valence-corrected chi connectivity index (χ3v) is 6.20. The van der Waals surface area contributed by atoms with Crippen molar-refractivity contribution in [3.63, 3.8) is 0 Å². The van der Waals surface area contributed by atoms with Crippen LogP contribution < -0.4 is 25.9 Å². The van der Waals surface area contributed by atoms with Gasteiger partial charge in [-0.1, -0.05) is 86.6 Å². The number of urea groups is 1. The van der Waals surface area contributed by atoms with E-state index in [-0.39, 0.29) is 12.5 Å². The number of nitrogens with two attached hydrogens (primary N) is 1. The minimum atomic E-state index is -0.849. The third-order valence-electron chi connectivity index (χ3n) is 6.20. The molecule has 0 radical (unpaired) electrons. The predicted octanol–water partition coefficient (Wildman–Crippen LogP) is 6.72. The first-order valence-electron chi connectivity index (χ1n) is 13.5. The van der Waals surface area contributed by atoms with Gasteiger partial charge < -0.3 is 25.3 Å². The van der Waals surface area contributed by atoms with Crippen LogP contribution in [-0.2, 0) is 24.6 Å². The minimum absolute atomic E-state index is 0.0508. The number of hydrogen-bond acceptors (Lipinski definition) is 6. The molecule has 0 atom stereocenters. The molecule has 0 bridgehead atoms. The van der Waals surface area contributed by atoms with E-state index >= 15 is 0 Å². The highest BCUT2D eigenvalue weighted by molar-refractivity contribution is 5.91. The Morgan fingerprint density at radius 2 is 1.36 bits per heavy atom. The van der Waals surface area contributed by atoms with Gasteiger partial charge in [0, 0.05) is 17.3 Å². The lowest BCUT2D eigenvalue weighted by Crippen LogP contribution is -2.24. The van der Waals surface area contributed by atoms with E-state index in [1.54, 1.807) is 30.5 Å². The van der Waals surface area contributed by atoms with Crippen molar-refractivity contribution in [1.29, 1.82) is 0 Å². The number of nitrogens with one attached hydrogen (secondary N) is 2. The van der Waals surface area contributed by atoms with Crippen molar-refractivity contribution in [3.8, 4) is 11.5 Å². The van der Waals surface area contributed by atoms with Crippen molar-refractivity contribution in [2.75, 3.05) is 5.32 Å². The Kier molecular flexibility index (Phi) is 10.5. The normalized spacial score (nSPS) is 10.8. The lowest BCUT2D eigenvalue weighted by molar-refractivity contribution is 0.150. The Bertz CT molecular complexity index is 1490. The van der Waals surface area contributed by atoms with Crippen LogP contribution in [0.2, 0.25) is 0 Å². The van der Waals surface area contributed by atoms with Gasteiger partial charge in [0.1, 0.15) is 31.3 Å². The summed E-state index contributed by atoms with van der Waals surface area (Å²) in [5.74, 6) is 1.47. The highest BCUT2D eigenvalue weighted by Gasteiger charge is 2.15. The van der Waals surface area contributed by atoms with Gasteiger partial charge in [0.15, 0.2) is 0 Å². The van der Waals surface area contributed by atoms with E-state index in [2.05, 4.69) is 29.7 Å². The fourth-order valence-corrected chi connectivity index (χ4v) is 4.03.